The van der Waals surface area contributed by atoms with Gasteiger partial charge < -0.3 is 5.73 Å². The Hall–Kier alpha value is -1.55. The zero-order chi connectivity index (χ0) is 14.1. The van der Waals surface area contributed by atoms with E-state index in [1.807, 2.05) is 41.8 Å². The molecule has 5 heteroatoms. The summed E-state index contributed by atoms with van der Waals surface area (Å²) in [4.78, 5) is 4.62. The molecule has 0 fully saturated rings. The van der Waals surface area contributed by atoms with Crippen LogP contribution in [0.3, 0.4) is 0 Å². The molecular formula is C15H10Cl2N2S. The molecule has 0 unspecified atom stereocenters. The molecule has 0 bridgehead atoms. The molecule has 0 aliphatic rings. The van der Waals surface area contributed by atoms with Crippen molar-refractivity contribution in [3.05, 3.63) is 57.9 Å². The van der Waals surface area contributed by atoms with Crippen LogP contribution in [-0.4, -0.2) is 4.98 Å². The fourth-order valence-corrected chi connectivity index (χ4v) is 3.08. The number of hydrogen-bond acceptors (Lipinski definition) is 3. The summed E-state index contributed by atoms with van der Waals surface area (Å²) in [6.07, 6.45) is 0. The van der Waals surface area contributed by atoms with Crippen molar-refractivity contribution >= 4 is 40.2 Å². The molecule has 3 rings (SSSR count). The maximum atomic E-state index is 6.22. The van der Waals surface area contributed by atoms with E-state index >= 15 is 0 Å². The summed E-state index contributed by atoms with van der Waals surface area (Å²) in [7, 11) is 0. The van der Waals surface area contributed by atoms with Crippen molar-refractivity contribution in [1.29, 1.82) is 0 Å². The number of aromatic nitrogens is 1. The monoisotopic (exact) mass is 320 g/mol. The van der Waals surface area contributed by atoms with E-state index in [-0.39, 0.29) is 0 Å². The largest absolute Gasteiger partial charge is 0.399 e. The van der Waals surface area contributed by atoms with Gasteiger partial charge in [0.2, 0.25) is 0 Å². The van der Waals surface area contributed by atoms with E-state index in [1.54, 1.807) is 17.4 Å². The molecule has 0 atom stereocenters. The number of nitrogen functional groups attached to an aromatic ring is 1. The lowest BCUT2D eigenvalue weighted by Crippen LogP contribution is -1.84. The first kappa shape index (κ1) is 13.4. The first-order valence-corrected chi connectivity index (χ1v) is 7.54. The van der Waals surface area contributed by atoms with Crippen LogP contribution in [0.15, 0.2) is 47.8 Å². The van der Waals surface area contributed by atoms with Crippen molar-refractivity contribution in [2.45, 2.75) is 0 Å². The highest BCUT2D eigenvalue weighted by Crippen LogP contribution is 2.35. The fourth-order valence-electron chi connectivity index (χ4n) is 1.86. The van der Waals surface area contributed by atoms with Gasteiger partial charge in [0.05, 0.1) is 15.7 Å². The van der Waals surface area contributed by atoms with Crippen LogP contribution >= 0.6 is 34.5 Å². The Morgan fingerprint density at radius 1 is 1.00 bits per heavy atom. The highest BCUT2D eigenvalue weighted by Gasteiger charge is 2.11. The number of thiazole rings is 1. The summed E-state index contributed by atoms with van der Waals surface area (Å²) >= 11 is 13.8. The predicted octanol–water partition coefficient (Wildman–Crippen LogP) is 5.37. The zero-order valence-corrected chi connectivity index (χ0v) is 12.6. The van der Waals surface area contributed by atoms with Crippen LogP contribution < -0.4 is 5.73 Å². The first-order valence-electron chi connectivity index (χ1n) is 5.91. The van der Waals surface area contributed by atoms with Crippen LogP contribution in [0.1, 0.15) is 0 Å². The number of nitrogens with two attached hydrogens (primary N) is 1. The third kappa shape index (κ3) is 2.52. The second kappa shape index (κ2) is 5.44. The van der Waals surface area contributed by atoms with Gasteiger partial charge in [0.25, 0.3) is 0 Å². The molecule has 0 radical (unpaired) electrons. The average Bonchev–Trinajstić information content (AvgIpc) is 2.92. The van der Waals surface area contributed by atoms with Gasteiger partial charge in [0.15, 0.2) is 0 Å². The smallest absolute Gasteiger partial charge is 0.124 e. The Morgan fingerprint density at radius 3 is 2.50 bits per heavy atom. The predicted molar refractivity (Wildman–Crippen MR) is 87.4 cm³/mol. The highest BCUT2D eigenvalue weighted by atomic mass is 35.5. The van der Waals surface area contributed by atoms with E-state index in [1.165, 1.54) is 0 Å². The van der Waals surface area contributed by atoms with Crippen molar-refractivity contribution in [2.24, 2.45) is 0 Å². The van der Waals surface area contributed by atoms with Crippen LogP contribution in [0.5, 0.6) is 0 Å². The van der Waals surface area contributed by atoms with Gasteiger partial charge in [0, 0.05) is 22.2 Å². The van der Waals surface area contributed by atoms with Gasteiger partial charge in [-0.1, -0.05) is 35.3 Å². The third-order valence-corrected chi connectivity index (χ3v) is 4.60. The number of benzene rings is 2. The van der Waals surface area contributed by atoms with Crippen LogP contribution in [0.4, 0.5) is 5.69 Å². The quantitative estimate of drug-likeness (QED) is 0.645. The number of hydrogen-bond donors (Lipinski definition) is 1. The van der Waals surface area contributed by atoms with Gasteiger partial charge >= 0.3 is 0 Å². The van der Waals surface area contributed by atoms with Gasteiger partial charge in [0.1, 0.15) is 5.01 Å². The topological polar surface area (TPSA) is 38.9 Å². The van der Waals surface area contributed by atoms with Crippen LogP contribution in [0.25, 0.3) is 21.8 Å². The maximum Gasteiger partial charge on any atom is 0.124 e. The number of nitrogens with zero attached hydrogens (tertiary/aromatic N) is 1. The molecule has 0 saturated heterocycles. The van der Waals surface area contributed by atoms with E-state index in [4.69, 9.17) is 28.9 Å². The standard InChI is InChI=1S/C15H10Cl2N2S/c16-12-3-1-2-11(14(12)17)13-8-20-15(19-13)9-4-6-10(18)7-5-9/h1-8H,18H2. The molecule has 20 heavy (non-hydrogen) atoms. The summed E-state index contributed by atoms with van der Waals surface area (Å²) in [5.41, 5.74) is 9.14. The van der Waals surface area contributed by atoms with E-state index < -0.39 is 0 Å². The molecular weight excluding hydrogens is 311 g/mol. The Kier molecular flexibility index (Phi) is 3.66. The molecule has 0 saturated carbocycles. The third-order valence-electron chi connectivity index (χ3n) is 2.89. The molecule has 2 aromatic carbocycles. The lowest BCUT2D eigenvalue weighted by atomic mass is 10.1. The Balaban J connectivity index is 2.02. The zero-order valence-electron chi connectivity index (χ0n) is 10.3. The Labute approximate surface area is 130 Å². The average molecular weight is 321 g/mol. The Bertz CT molecular complexity index is 751. The van der Waals surface area contributed by atoms with Gasteiger partial charge in [-0.15, -0.1) is 11.3 Å². The SMILES string of the molecule is Nc1ccc(-c2nc(-c3cccc(Cl)c3Cl)cs2)cc1. The van der Waals surface area contributed by atoms with E-state index in [9.17, 15) is 0 Å². The van der Waals surface area contributed by atoms with Gasteiger partial charge in [-0.05, 0) is 30.3 Å². The normalized spacial score (nSPS) is 10.7. The van der Waals surface area contributed by atoms with Crippen molar-refractivity contribution in [3.63, 3.8) is 0 Å². The highest BCUT2D eigenvalue weighted by molar-refractivity contribution is 7.13. The van der Waals surface area contributed by atoms with Gasteiger partial charge in [-0.3, -0.25) is 0 Å². The van der Waals surface area contributed by atoms with Crippen LogP contribution in [-0.2, 0) is 0 Å². The lowest BCUT2D eigenvalue weighted by Gasteiger charge is -2.02. The van der Waals surface area contributed by atoms with Crippen molar-refractivity contribution < 1.29 is 0 Å². The van der Waals surface area contributed by atoms with Crippen molar-refractivity contribution in [2.75, 3.05) is 5.73 Å². The van der Waals surface area contributed by atoms with Crippen LogP contribution in [0.2, 0.25) is 10.0 Å². The molecule has 0 aliphatic carbocycles. The number of anilines is 1. The number of rotatable bonds is 2. The van der Waals surface area contributed by atoms with E-state index in [0.29, 0.717) is 10.0 Å². The van der Waals surface area contributed by atoms with Crippen molar-refractivity contribution in [1.82, 2.24) is 4.98 Å². The maximum absolute atomic E-state index is 6.22. The molecule has 1 aromatic heterocycles. The summed E-state index contributed by atoms with van der Waals surface area (Å²) in [6, 6.07) is 13.2. The minimum atomic E-state index is 0.531. The summed E-state index contributed by atoms with van der Waals surface area (Å²) in [5.74, 6) is 0. The molecule has 3 aromatic rings. The van der Waals surface area contributed by atoms with E-state index in [2.05, 4.69) is 4.98 Å². The summed E-state index contributed by atoms with van der Waals surface area (Å²) < 4.78 is 0. The van der Waals surface area contributed by atoms with Gasteiger partial charge in [-0.2, -0.15) is 0 Å². The van der Waals surface area contributed by atoms with Crippen LogP contribution in [0, 0.1) is 0 Å². The van der Waals surface area contributed by atoms with Gasteiger partial charge in [-0.25, -0.2) is 4.98 Å². The minimum Gasteiger partial charge on any atom is -0.399 e. The first-order chi connectivity index (χ1) is 9.65. The second-order valence-corrected chi connectivity index (χ2v) is 5.90. The molecule has 0 spiro atoms. The summed E-state index contributed by atoms with van der Waals surface area (Å²) in [6.45, 7) is 0. The van der Waals surface area contributed by atoms with Crippen molar-refractivity contribution in [3.8, 4) is 21.8 Å². The molecule has 1 heterocycles. The second-order valence-electron chi connectivity index (χ2n) is 4.26. The molecule has 0 aliphatic heterocycles. The molecule has 2 nitrogen and oxygen atoms in total. The molecule has 2 N–H and O–H groups in total. The molecule has 0 amide bonds. The summed E-state index contributed by atoms with van der Waals surface area (Å²) in [5, 5.41) is 3.97. The lowest BCUT2D eigenvalue weighted by molar-refractivity contribution is 1.40. The minimum absolute atomic E-state index is 0.531. The Morgan fingerprint density at radius 2 is 1.75 bits per heavy atom. The number of halogens is 2. The van der Waals surface area contributed by atoms with E-state index in [0.717, 1.165) is 27.5 Å². The molecule has 100 valence electrons. The fraction of sp³-hybridized carbons (Fsp3) is 0.